The van der Waals surface area contributed by atoms with Crippen LogP contribution in [0.15, 0.2) is 72.3 Å². The van der Waals surface area contributed by atoms with Gasteiger partial charge >= 0.3 is 12.1 Å². The average molecular weight is 550 g/mol. The number of carboxylic acids is 1. The molecule has 1 saturated heterocycles. The van der Waals surface area contributed by atoms with Gasteiger partial charge in [-0.3, -0.25) is 9.29 Å². The van der Waals surface area contributed by atoms with Gasteiger partial charge in [-0.1, -0.05) is 54.1 Å². The first kappa shape index (κ1) is 27.8. The molecule has 1 N–H and O–H groups in total. The Morgan fingerprint density at radius 2 is 1.75 bits per heavy atom. The highest BCUT2D eigenvalue weighted by molar-refractivity contribution is 6.00. The molecule has 0 spiro atoms. The highest BCUT2D eigenvalue weighted by Gasteiger charge is 2.31. The molecule has 2 aliphatic rings. The van der Waals surface area contributed by atoms with Gasteiger partial charge in [0.2, 0.25) is 0 Å². The van der Waals surface area contributed by atoms with E-state index in [-0.39, 0.29) is 12.2 Å². The summed E-state index contributed by atoms with van der Waals surface area (Å²) in [5, 5.41) is 9.54. The zero-order valence-corrected chi connectivity index (χ0v) is 22.1. The van der Waals surface area contributed by atoms with Gasteiger partial charge in [-0.15, -0.1) is 0 Å². The lowest BCUT2D eigenvalue weighted by Gasteiger charge is -2.18. The van der Waals surface area contributed by atoms with Gasteiger partial charge in [0, 0.05) is 19.6 Å². The summed E-state index contributed by atoms with van der Waals surface area (Å²) in [5.74, 6) is -1.01. The summed E-state index contributed by atoms with van der Waals surface area (Å²) in [4.78, 5) is 13.9. The van der Waals surface area contributed by atoms with Crippen LogP contribution < -0.4 is 0 Å². The predicted molar refractivity (Wildman–Crippen MR) is 150 cm³/mol. The highest BCUT2D eigenvalue weighted by atomic mass is 19.4. The van der Waals surface area contributed by atoms with Crippen molar-refractivity contribution in [3.63, 3.8) is 0 Å². The van der Waals surface area contributed by atoms with Crippen LogP contribution in [0, 0.1) is 0 Å². The van der Waals surface area contributed by atoms with Crippen molar-refractivity contribution in [3.8, 4) is 0 Å². The van der Waals surface area contributed by atoms with E-state index in [2.05, 4.69) is 11.0 Å². The predicted octanol–water partition coefficient (Wildman–Crippen LogP) is 8.15. The number of likely N-dealkylation sites (tertiary alicyclic amines) is 1. The molecule has 1 heterocycles. The number of nitrogens with zero attached hydrogens (tertiary/aromatic N) is 1. The molecule has 0 unspecified atom stereocenters. The third-order valence-corrected chi connectivity index (χ3v) is 7.69. The Kier molecular flexibility index (Phi) is 8.22. The van der Waals surface area contributed by atoms with Gasteiger partial charge in [0.05, 0.1) is 17.8 Å². The number of aromatic carboxylic acids is 1. The second kappa shape index (κ2) is 11.8. The third-order valence-electron chi connectivity index (χ3n) is 7.69. The molecule has 0 amide bonds. The van der Waals surface area contributed by atoms with Gasteiger partial charge in [-0.25, -0.2) is 4.79 Å². The number of allylic oxidation sites excluding steroid dienone is 1. The van der Waals surface area contributed by atoms with Crippen LogP contribution in [0.25, 0.3) is 17.2 Å². The molecule has 208 valence electrons. The van der Waals surface area contributed by atoms with E-state index < -0.39 is 17.7 Å². The number of alkyl halides is 4. The number of halogens is 4. The first-order chi connectivity index (χ1) is 19.2. The lowest BCUT2D eigenvalue weighted by molar-refractivity contribution is -0.137. The molecule has 3 aromatic rings. The molecule has 40 heavy (non-hydrogen) atoms. The molecule has 7 heteroatoms. The van der Waals surface area contributed by atoms with Crippen molar-refractivity contribution >= 4 is 23.2 Å². The van der Waals surface area contributed by atoms with Crippen molar-refractivity contribution in [1.29, 1.82) is 0 Å². The molecule has 0 bridgehead atoms. The molecule has 0 saturated carbocycles. The van der Waals surface area contributed by atoms with Crippen molar-refractivity contribution < 1.29 is 27.5 Å². The summed E-state index contributed by atoms with van der Waals surface area (Å²) < 4.78 is 53.3. The minimum absolute atomic E-state index is 0.194. The van der Waals surface area contributed by atoms with Crippen LogP contribution in [-0.4, -0.2) is 42.3 Å². The van der Waals surface area contributed by atoms with Gasteiger partial charge in [-0.05, 0) is 95.3 Å². The van der Waals surface area contributed by atoms with Crippen molar-refractivity contribution in [3.05, 3.63) is 111 Å². The summed E-state index contributed by atoms with van der Waals surface area (Å²) in [6.07, 6.45) is 1.07. The highest BCUT2D eigenvalue weighted by Crippen LogP contribution is 2.41. The van der Waals surface area contributed by atoms with E-state index in [0.29, 0.717) is 31.2 Å². The maximum absolute atomic E-state index is 13.6. The molecule has 0 aromatic heterocycles. The lowest BCUT2D eigenvalue weighted by Crippen LogP contribution is -2.20. The molecular weight excluding hydrogens is 518 g/mol. The molecule has 5 rings (SSSR count). The van der Waals surface area contributed by atoms with Gasteiger partial charge < -0.3 is 5.11 Å². The molecule has 1 aliphatic carbocycles. The molecule has 0 atom stereocenters. The maximum Gasteiger partial charge on any atom is 0.416 e. The zero-order chi connectivity index (χ0) is 28.3. The van der Waals surface area contributed by atoms with Gasteiger partial charge in [0.15, 0.2) is 0 Å². The summed E-state index contributed by atoms with van der Waals surface area (Å²) in [7, 11) is 0. The van der Waals surface area contributed by atoms with Crippen LogP contribution in [0.2, 0.25) is 0 Å². The Bertz CT molecular complexity index is 1450. The number of fused-ring (bicyclic) bond motifs is 1. The second-order valence-electron chi connectivity index (χ2n) is 10.5. The van der Waals surface area contributed by atoms with E-state index in [0.717, 1.165) is 65.5 Å². The van der Waals surface area contributed by atoms with E-state index in [9.17, 15) is 27.5 Å². The Balaban J connectivity index is 1.57. The zero-order valence-electron chi connectivity index (χ0n) is 22.1. The lowest BCUT2D eigenvalue weighted by atomic mass is 9.86. The summed E-state index contributed by atoms with van der Waals surface area (Å²) in [5.41, 5.74) is 6.59. The second-order valence-corrected chi connectivity index (χ2v) is 10.5. The van der Waals surface area contributed by atoms with E-state index in [1.165, 1.54) is 17.7 Å². The minimum Gasteiger partial charge on any atom is -0.478 e. The number of hydrogen-bond donors (Lipinski definition) is 1. The first-order valence-electron chi connectivity index (χ1n) is 13.6. The summed E-state index contributed by atoms with van der Waals surface area (Å²) in [6.45, 7) is 2.19. The normalized spacial score (nSPS) is 17.2. The fourth-order valence-electron chi connectivity index (χ4n) is 5.74. The van der Waals surface area contributed by atoms with Crippen LogP contribution in [0.1, 0.15) is 69.4 Å². The Morgan fingerprint density at radius 1 is 0.950 bits per heavy atom. The molecule has 1 aliphatic heterocycles. The number of hydrogen-bond acceptors (Lipinski definition) is 2. The quantitative estimate of drug-likeness (QED) is 0.303. The van der Waals surface area contributed by atoms with E-state index in [1.807, 2.05) is 24.3 Å². The van der Waals surface area contributed by atoms with E-state index in [4.69, 9.17) is 0 Å². The standard InChI is InChI=1S/C33H31F4NO2/c34-15-3-16-38-17-14-23(21-38)18-22-8-10-24(11-9-22)31-29(26-4-1-6-28(20-26)33(35,36)37)7-2-5-25-19-27(32(39)40)12-13-30(25)31/h1,4,6,8-13,18-20H,2-3,5,7,14-17,21H2,(H,39,40). The van der Waals surface area contributed by atoms with Crippen LogP contribution in [0.5, 0.6) is 0 Å². The van der Waals surface area contributed by atoms with Crippen LogP contribution in [-0.2, 0) is 12.6 Å². The topological polar surface area (TPSA) is 40.5 Å². The Labute approximate surface area is 231 Å². The number of rotatable bonds is 7. The molecule has 1 fully saturated rings. The fraction of sp³-hybridized carbons (Fsp3) is 0.303. The third kappa shape index (κ3) is 6.20. The fourth-order valence-corrected chi connectivity index (χ4v) is 5.74. The number of carbonyl (C=O) groups is 1. The Hall–Kier alpha value is -3.71. The molecular formula is C33H31F4NO2. The summed E-state index contributed by atoms with van der Waals surface area (Å²) in [6, 6.07) is 18.5. The minimum atomic E-state index is -4.45. The average Bonchev–Trinajstić information content (AvgIpc) is 3.29. The number of benzene rings is 3. The van der Waals surface area contributed by atoms with Crippen molar-refractivity contribution in [1.82, 2.24) is 4.90 Å². The van der Waals surface area contributed by atoms with Crippen LogP contribution in [0.3, 0.4) is 0 Å². The monoisotopic (exact) mass is 549 g/mol. The van der Waals surface area contributed by atoms with Gasteiger partial charge in [-0.2, -0.15) is 13.2 Å². The summed E-state index contributed by atoms with van der Waals surface area (Å²) >= 11 is 0. The SMILES string of the molecule is O=C(O)c1ccc2c(c1)CCCC(c1cccc(C(F)(F)F)c1)=C2c1ccc(C=C2CCN(CCCF)C2)cc1. The molecule has 0 radical (unpaired) electrons. The van der Waals surface area contributed by atoms with Crippen molar-refractivity contribution in [2.45, 2.75) is 38.3 Å². The Morgan fingerprint density at radius 3 is 2.48 bits per heavy atom. The number of carboxylic acid groups (broad SMARTS) is 1. The van der Waals surface area contributed by atoms with Crippen molar-refractivity contribution in [2.75, 3.05) is 26.3 Å². The largest absolute Gasteiger partial charge is 0.478 e. The first-order valence-corrected chi connectivity index (χ1v) is 13.6. The smallest absolute Gasteiger partial charge is 0.416 e. The van der Waals surface area contributed by atoms with Crippen LogP contribution in [0.4, 0.5) is 17.6 Å². The van der Waals surface area contributed by atoms with E-state index >= 15 is 0 Å². The van der Waals surface area contributed by atoms with Gasteiger partial charge in [0.25, 0.3) is 0 Å². The molecule has 3 aromatic carbocycles. The maximum atomic E-state index is 13.6. The van der Waals surface area contributed by atoms with Crippen LogP contribution >= 0.6 is 0 Å². The van der Waals surface area contributed by atoms with Crippen molar-refractivity contribution in [2.24, 2.45) is 0 Å². The van der Waals surface area contributed by atoms with E-state index in [1.54, 1.807) is 24.3 Å². The number of aryl methyl sites for hydroxylation is 1. The molecule has 3 nitrogen and oxygen atoms in total. The van der Waals surface area contributed by atoms with Gasteiger partial charge in [0.1, 0.15) is 0 Å².